The Morgan fingerprint density at radius 1 is 1.52 bits per heavy atom. The first-order chi connectivity index (χ1) is 9.75. The Labute approximate surface area is 120 Å². The molecule has 5 nitrogen and oxygen atoms in total. The van der Waals surface area contributed by atoms with Crippen LogP contribution in [0.1, 0.15) is 31.5 Å². The molecule has 1 heterocycles. The monoisotopic (exact) mass is 305 g/mol. The quantitative estimate of drug-likeness (QED) is 0.866. The standard InChI is InChI=1S/C13H18F3N3O2/c1-19-8-7-18-11(19)12(21,13(14,15)16)5-6-17-10(20)9-3-2-4-9/h7-9,21H,2-6H2,1H3,(H,17,20). The molecule has 0 radical (unpaired) electrons. The van der Waals surface area contributed by atoms with Gasteiger partial charge in [-0.25, -0.2) is 4.98 Å². The molecule has 8 heteroatoms. The van der Waals surface area contributed by atoms with Crippen LogP contribution in [0, 0.1) is 5.92 Å². The lowest BCUT2D eigenvalue weighted by atomic mass is 9.85. The third kappa shape index (κ3) is 3.04. The number of imidazole rings is 1. The second-order valence-electron chi connectivity index (χ2n) is 5.39. The number of carbonyl (C=O) groups excluding carboxylic acids is 1. The molecule has 21 heavy (non-hydrogen) atoms. The summed E-state index contributed by atoms with van der Waals surface area (Å²) in [4.78, 5) is 15.2. The number of rotatable bonds is 5. The molecule has 0 bridgehead atoms. The Bertz CT molecular complexity index is 511. The number of hydrogen-bond acceptors (Lipinski definition) is 3. The first-order valence-corrected chi connectivity index (χ1v) is 6.80. The Kier molecular flexibility index (Phi) is 4.27. The van der Waals surface area contributed by atoms with Crippen LogP contribution in [0.5, 0.6) is 0 Å². The third-order valence-electron chi connectivity index (χ3n) is 3.92. The van der Waals surface area contributed by atoms with Crippen LogP contribution in [0.25, 0.3) is 0 Å². The Balaban J connectivity index is 2.04. The highest BCUT2D eigenvalue weighted by Crippen LogP contribution is 2.40. The predicted octanol–water partition coefficient (Wildman–Crippen LogP) is 1.48. The van der Waals surface area contributed by atoms with Crippen molar-refractivity contribution in [3.63, 3.8) is 0 Å². The van der Waals surface area contributed by atoms with E-state index in [1.54, 1.807) is 0 Å². The SMILES string of the molecule is Cn1ccnc1C(O)(CCNC(=O)C1CCC1)C(F)(F)F. The molecular formula is C13H18F3N3O2. The second kappa shape index (κ2) is 5.67. The van der Waals surface area contributed by atoms with E-state index in [9.17, 15) is 23.1 Å². The number of amides is 1. The maximum Gasteiger partial charge on any atom is 0.424 e. The van der Waals surface area contributed by atoms with Gasteiger partial charge < -0.3 is 15.0 Å². The number of carbonyl (C=O) groups is 1. The summed E-state index contributed by atoms with van der Waals surface area (Å²) < 4.78 is 40.7. The molecule has 0 aliphatic heterocycles. The van der Waals surface area contributed by atoms with Crippen LogP contribution < -0.4 is 5.32 Å². The molecule has 1 aliphatic rings. The van der Waals surface area contributed by atoms with Gasteiger partial charge in [0, 0.05) is 38.3 Å². The van der Waals surface area contributed by atoms with Crippen LogP contribution in [0.2, 0.25) is 0 Å². The first-order valence-electron chi connectivity index (χ1n) is 6.80. The van der Waals surface area contributed by atoms with Gasteiger partial charge in [-0.2, -0.15) is 13.2 Å². The largest absolute Gasteiger partial charge is 0.424 e. The molecule has 1 atom stereocenters. The van der Waals surface area contributed by atoms with Crippen LogP contribution in [-0.2, 0) is 17.4 Å². The first kappa shape index (κ1) is 15.8. The predicted molar refractivity (Wildman–Crippen MR) is 68.1 cm³/mol. The van der Waals surface area contributed by atoms with Crippen molar-refractivity contribution in [3.8, 4) is 0 Å². The van der Waals surface area contributed by atoms with Gasteiger partial charge in [0.2, 0.25) is 11.5 Å². The summed E-state index contributed by atoms with van der Waals surface area (Å²) >= 11 is 0. The zero-order chi connectivity index (χ0) is 15.7. The summed E-state index contributed by atoms with van der Waals surface area (Å²) in [6.07, 6.45) is -0.494. The molecule has 1 amide bonds. The van der Waals surface area contributed by atoms with Gasteiger partial charge in [0.15, 0.2) is 0 Å². The van der Waals surface area contributed by atoms with E-state index in [0.717, 1.165) is 23.8 Å². The van der Waals surface area contributed by atoms with Crippen molar-refractivity contribution in [3.05, 3.63) is 18.2 Å². The summed E-state index contributed by atoms with van der Waals surface area (Å²) in [6, 6.07) is 0. The highest BCUT2D eigenvalue weighted by Gasteiger charge is 2.57. The number of halogens is 3. The number of nitrogens with one attached hydrogen (secondary N) is 1. The van der Waals surface area contributed by atoms with Crippen molar-refractivity contribution >= 4 is 5.91 Å². The maximum atomic E-state index is 13.2. The van der Waals surface area contributed by atoms with Gasteiger partial charge in [0.25, 0.3) is 0 Å². The number of aryl methyl sites for hydroxylation is 1. The van der Waals surface area contributed by atoms with E-state index in [4.69, 9.17) is 0 Å². The number of aliphatic hydroxyl groups is 1. The zero-order valence-electron chi connectivity index (χ0n) is 11.7. The Hall–Kier alpha value is -1.57. The van der Waals surface area contributed by atoms with Crippen molar-refractivity contribution in [2.24, 2.45) is 13.0 Å². The van der Waals surface area contributed by atoms with Gasteiger partial charge in [0.05, 0.1) is 0 Å². The van der Waals surface area contributed by atoms with Gasteiger partial charge in [-0.3, -0.25) is 4.79 Å². The van der Waals surface area contributed by atoms with E-state index in [1.165, 1.54) is 19.4 Å². The molecule has 2 N–H and O–H groups in total. The van der Waals surface area contributed by atoms with Crippen LogP contribution >= 0.6 is 0 Å². The van der Waals surface area contributed by atoms with Gasteiger partial charge >= 0.3 is 6.18 Å². The average molecular weight is 305 g/mol. The fourth-order valence-corrected chi connectivity index (χ4v) is 2.33. The summed E-state index contributed by atoms with van der Waals surface area (Å²) in [5.41, 5.74) is -3.07. The van der Waals surface area contributed by atoms with E-state index in [1.807, 2.05) is 0 Å². The van der Waals surface area contributed by atoms with Gasteiger partial charge in [0.1, 0.15) is 5.82 Å². The minimum absolute atomic E-state index is 0.0999. The van der Waals surface area contributed by atoms with Crippen molar-refractivity contribution in [2.75, 3.05) is 6.54 Å². The van der Waals surface area contributed by atoms with Crippen molar-refractivity contribution < 1.29 is 23.1 Å². The normalized spacial score (nSPS) is 18.9. The summed E-state index contributed by atoms with van der Waals surface area (Å²) in [6.45, 7) is -0.252. The fraction of sp³-hybridized carbons (Fsp3) is 0.692. The third-order valence-corrected chi connectivity index (χ3v) is 3.92. The highest BCUT2D eigenvalue weighted by molar-refractivity contribution is 5.79. The molecule has 1 aromatic rings. The number of alkyl halides is 3. The van der Waals surface area contributed by atoms with Crippen molar-refractivity contribution in [1.82, 2.24) is 14.9 Å². The van der Waals surface area contributed by atoms with E-state index < -0.39 is 24.0 Å². The van der Waals surface area contributed by atoms with Crippen LogP contribution in [-0.4, -0.2) is 33.3 Å². The number of nitrogens with zero attached hydrogens (tertiary/aromatic N) is 2. The summed E-state index contributed by atoms with van der Waals surface area (Å²) in [5.74, 6) is -0.823. The highest BCUT2D eigenvalue weighted by atomic mass is 19.4. The topological polar surface area (TPSA) is 67.2 Å². The molecule has 0 aromatic carbocycles. The molecule has 0 saturated heterocycles. The van der Waals surface area contributed by atoms with Crippen molar-refractivity contribution in [2.45, 2.75) is 37.5 Å². The summed E-state index contributed by atoms with van der Waals surface area (Å²) in [5, 5.41) is 12.5. The molecule has 1 saturated carbocycles. The van der Waals surface area contributed by atoms with Gasteiger partial charge in [-0.15, -0.1) is 0 Å². The lowest BCUT2D eigenvalue weighted by molar-refractivity contribution is -0.272. The van der Waals surface area contributed by atoms with E-state index >= 15 is 0 Å². The smallest absolute Gasteiger partial charge is 0.374 e. The minimum Gasteiger partial charge on any atom is -0.374 e. The average Bonchev–Trinajstić information content (AvgIpc) is 2.71. The second-order valence-corrected chi connectivity index (χ2v) is 5.39. The maximum absolute atomic E-state index is 13.2. The van der Waals surface area contributed by atoms with E-state index in [2.05, 4.69) is 10.3 Å². The molecule has 1 aliphatic carbocycles. The zero-order valence-corrected chi connectivity index (χ0v) is 11.7. The molecule has 118 valence electrons. The van der Waals surface area contributed by atoms with Crippen LogP contribution in [0.15, 0.2) is 12.4 Å². The Morgan fingerprint density at radius 3 is 2.62 bits per heavy atom. The van der Waals surface area contributed by atoms with Crippen molar-refractivity contribution in [1.29, 1.82) is 0 Å². The lowest BCUT2D eigenvalue weighted by Gasteiger charge is -2.30. The van der Waals surface area contributed by atoms with Gasteiger partial charge in [-0.05, 0) is 12.8 Å². The number of hydrogen-bond donors (Lipinski definition) is 2. The lowest BCUT2D eigenvalue weighted by Crippen LogP contribution is -2.47. The molecule has 1 aromatic heterocycles. The van der Waals surface area contributed by atoms with E-state index in [0.29, 0.717) is 0 Å². The van der Waals surface area contributed by atoms with E-state index in [-0.39, 0.29) is 18.4 Å². The Morgan fingerprint density at radius 2 is 2.19 bits per heavy atom. The van der Waals surface area contributed by atoms with Crippen LogP contribution in [0.4, 0.5) is 13.2 Å². The molecule has 2 rings (SSSR count). The minimum atomic E-state index is -4.87. The summed E-state index contributed by atoms with van der Waals surface area (Å²) in [7, 11) is 1.38. The number of aromatic nitrogens is 2. The molecule has 1 unspecified atom stereocenters. The fourth-order valence-electron chi connectivity index (χ4n) is 2.33. The molecule has 1 fully saturated rings. The molecule has 0 spiro atoms. The van der Waals surface area contributed by atoms with Crippen LogP contribution in [0.3, 0.4) is 0 Å². The molecular weight excluding hydrogens is 287 g/mol. The van der Waals surface area contributed by atoms with Gasteiger partial charge in [-0.1, -0.05) is 6.42 Å².